The molecule has 2 aromatic rings. The lowest BCUT2D eigenvalue weighted by molar-refractivity contribution is 0.314. The van der Waals surface area contributed by atoms with Gasteiger partial charge in [-0.3, -0.25) is 9.88 Å². The van der Waals surface area contributed by atoms with Crippen LogP contribution in [-0.4, -0.2) is 16.9 Å². The van der Waals surface area contributed by atoms with Crippen molar-refractivity contribution < 1.29 is 0 Å². The molecule has 1 heterocycles. The molecule has 94 valence electrons. The van der Waals surface area contributed by atoms with Gasteiger partial charge in [0.1, 0.15) is 0 Å². The molecule has 1 aromatic carbocycles. The van der Waals surface area contributed by atoms with Crippen LogP contribution in [0.15, 0.2) is 42.6 Å². The summed E-state index contributed by atoms with van der Waals surface area (Å²) in [4.78, 5) is 6.66. The zero-order chi connectivity index (χ0) is 13.0. The quantitative estimate of drug-likeness (QED) is 0.837. The van der Waals surface area contributed by atoms with Gasteiger partial charge < -0.3 is 5.73 Å². The molecule has 0 saturated carbocycles. The van der Waals surface area contributed by atoms with Crippen LogP contribution in [0.5, 0.6) is 0 Å². The lowest BCUT2D eigenvalue weighted by Crippen LogP contribution is -2.18. The van der Waals surface area contributed by atoms with Crippen molar-refractivity contribution in [1.29, 1.82) is 0 Å². The van der Waals surface area contributed by atoms with Gasteiger partial charge in [0, 0.05) is 25.0 Å². The molecule has 0 aliphatic carbocycles. The van der Waals surface area contributed by atoms with E-state index in [0.29, 0.717) is 0 Å². The van der Waals surface area contributed by atoms with Gasteiger partial charge in [-0.2, -0.15) is 0 Å². The smallest absolute Gasteiger partial charge is 0.0573 e. The minimum absolute atomic E-state index is 0.807. The molecule has 1 aromatic heterocycles. The van der Waals surface area contributed by atoms with E-state index in [4.69, 9.17) is 5.73 Å². The van der Waals surface area contributed by atoms with Gasteiger partial charge in [0.05, 0.1) is 5.69 Å². The van der Waals surface area contributed by atoms with E-state index in [1.54, 1.807) is 0 Å². The van der Waals surface area contributed by atoms with Gasteiger partial charge in [0.15, 0.2) is 0 Å². The Morgan fingerprint density at radius 2 is 1.83 bits per heavy atom. The summed E-state index contributed by atoms with van der Waals surface area (Å²) in [5, 5.41) is 0. The first-order chi connectivity index (χ1) is 8.65. The molecule has 18 heavy (non-hydrogen) atoms. The maximum Gasteiger partial charge on any atom is 0.0573 e. The fourth-order valence-corrected chi connectivity index (χ4v) is 1.93. The van der Waals surface area contributed by atoms with Crippen molar-refractivity contribution in [3.8, 4) is 0 Å². The Morgan fingerprint density at radius 3 is 2.50 bits per heavy atom. The predicted molar refractivity (Wildman–Crippen MR) is 75.0 cm³/mol. The van der Waals surface area contributed by atoms with E-state index in [0.717, 1.165) is 24.5 Å². The summed E-state index contributed by atoms with van der Waals surface area (Å²) >= 11 is 0. The third-order valence-electron chi connectivity index (χ3n) is 2.97. The van der Waals surface area contributed by atoms with Crippen molar-refractivity contribution >= 4 is 5.69 Å². The Hall–Kier alpha value is -1.87. The molecule has 0 spiro atoms. The van der Waals surface area contributed by atoms with Gasteiger partial charge in [-0.1, -0.05) is 18.2 Å². The highest BCUT2D eigenvalue weighted by molar-refractivity contribution is 5.39. The third-order valence-corrected chi connectivity index (χ3v) is 2.97. The van der Waals surface area contributed by atoms with Crippen LogP contribution >= 0.6 is 0 Å². The zero-order valence-electron chi connectivity index (χ0n) is 10.9. The molecular weight excluding hydrogens is 222 g/mol. The fraction of sp³-hybridized carbons (Fsp3) is 0.267. The molecule has 0 atom stereocenters. The van der Waals surface area contributed by atoms with Gasteiger partial charge in [0.2, 0.25) is 0 Å². The lowest BCUT2D eigenvalue weighted by Gasteiger charge is -2.17. The number of nitrogens with two attached hydrogens (primary N) is 1. The highest BCUT2D eigenvalue weighted by Crippen LogP contribution is 2.11. The average Bonchev–Trinajstić information content (AvgIpc) is 2.35. The normalized spacial score (nSPS) is 10.8. The number of anilines is 1. The second-order valence-electron chi connectivity index (χ2n) is 4.68. The van der Waals surface area contributed by atoms with Crippen molar-refractivity contribution in [2.24, 2.45) is 0 Å². The van der Waals surface area contributed by atoms with Crippen LogP contribution < -0.4 is 5.73 Å². The molecule has 3 heteroatoms. The maximum atomic E-state index is 5.68. The van der Waals surface area contributed by atoms with Crippen LogP contribution in [0.4, 0.5) is 5.69 Å². The molecule has 0 unspecified atom stereocenters. The van der Waals surface area contributed by atoms with Crippen LogP contribution in [0.3, 0.4) is 0 Å². The van der Waals surface area contributed by atoms with Crippen LogP contribution in [0, 0.1) is 6.92 Å². The van der Waals surface area contributed by atoms with Gasteiger partial charge >= 0.3 is 0 Å². The summed E-state index contributed by atoms with van der Waals surface area (Å²) in [5.41, 5.74) is 10.1. The van der Waals surface area contributed by atoms with Crippen LogP contribution in [0.25, 0.3) is 0 Å². The number of rotatable bonds is 4. The van der Waals surface area contributed by atoms with Crippen LogP contribution in [0.2, 0.25) is 0 Å². The molecule has 2 rings (SSSR count). The SMILES string of the molecule is Cc1cccnc1CN(C)Cc1ccc(N)cc1. The number of hydrogen-bond donors (Lipinski definition) is 1. The first-order valence-corrected chi connectivity index (χ1v) is 6.08. The van der Waals surface area contributed by atoms with Crippen molar-refractivity contribution in [3.05, 3.63) is 59.4 Å². The summed E-state index contributed by atoms with van der Waals surface area (Å²) in [5.74, 6) is 0. The maximum absolute atomic E-state index is 5.68. The van der Waals surface area contributed by atoms with E-state index in [9.17, 15) is 0 Å². The number of aromatic nitrogens is 1. The average molecular weight is 241 g/mol. The van der Waals surface area contributed by atoms with Crippen molar-refractivity contribution in [1.82, 2.24) is 9.88 Å². The van der Waals surface area contributed by atoms with Gasteiger partial charge in [-0.05, 0) is 43.3 Å². The van der Waals surface area contributed by atoms with E-state index in [1.807, 2.05) is 24.4 Å². The van der Waals surface area contributed by atoms with Gasteiger partial charge in [-0.15, -0.1) is 0 Å². The van der Waals surface area contributed by atoms with E-state index in [-0.39, 0.29) is 0 Å². The topological polar surface area (TPSA) is 42.2 Å². The number of hydrogen-bond acceptors (Lipinski definition) is 3. The second kappa shape index (κ2) is 5.65. The van der Waals surface area contributed by atoms with E-state index in [2.05, 4.69) is 42.1 Å². The molecule has 3 nitrogen and oxygen atoms in total. The molecule has 0 aliphatic heterocycles. The molecule has 0 aliphatic rings. The summed E-state index contributed by atoms with van der Waals surface area (Å²) in [6.07, 6.45) is 1.85. The largest absolute Gasteiger partial charge is 0.399 e. The van der Waals surface area contributed by atoms with E-state index in [1.165, 1.54) is 11.1 Å². The Kier molecular flexibility index (Phi) is 3.95. The summed E-state index contributed by atoms with van der Waals surface area (Å²) in [6.45, 7) is 3.85. The standard InChI is InChI=1S/C15H19N3/c1-12-4-3-9-17-15(12)11-18(2)10-13-5-7-14(16)8-6-13/h3-9H,10-11,16H2,1-2H3. The second-order valence-corrected chi connectivity index (χ2v) is 4.68. The Balaban J connectivity index is 1.99. The molecular formula is C15H19N3. The van der Waals surface area contributed by atoms with Crippen molar-refractivity contribution in [2.45, 2.75) is 20.0 Å². The van der Waals surface area contributed by atoms with Crippen molar-refractivity contribution in [3.63, 3.8) is 0 Å². The number of pyridine rings is 1. The molecule has 0 amide bonds. The highest BCUT2D eigenvalue weighted by atomic mass is 15.1. The molecule has 2 N–H and O–H groups in total. The summed E-state index contributed by atoms with van der Waals surface area (Å²) in [6, 6.07) is 12.1. The Bertz CT molecular complexity index is 505. The number of nitrogen functional groups attached to an aromatic ring is 1. The first-order valence-electron chi connectivity index (χ1n) is 6.08. The van der Waals surface area contributed by atoms with E-state index >= 15 is 0 Å². The van der Waals surface area contributed by atoms with Crippen LogP contribution in [-0.2, 0) is 13.1 Å². The summed E-state index contributed by atoms with van der Waals surface area (Å²) < 4.78 is 0. The minimum Gasteiger partial charge on any atom is -0.399 e. The number of aryl methyl sites for hydroxylation is 1. The molecule has 0 fully saturated rings. The molecule has 0 saturated heterocycles. The van der Waals surface area contributed by atoms with Crippen LogP contribution in [0.1, 0.15) is 16.8 Å². The number of benzene rings is 1. The lowest BCUT2D eigenvalue weighted by atomic mass is 10.1. The van der Waals surface area contributed by atoms with Crippen molar-refractivity contribution in [2.75, 3.05) is 12.8 Å². The third kappa shape index (κ3) is 3.31. The highest BCUT2D eigenvalue weighted by Gasteiger charge is 2.04. The Labute approximate surface area is 108 Å². The molecule has 0 radical (unpaired) electrons. The zero-order valence-corrected chi connectivity index (χ0v) is 10.9. The minimum atomic E-state index is 0.807. The first kappa shape index (κ1) is 12.6. The van der Waals surface area contributed by atoms with Gasteiger partial charge in [0.25, 0.3) is 0 Å². The fourth-order valence-electron chi connectivity index (χ4n) is 1.93. The number of nitrogens with zero attached hydrogens (tertiary/aromatic N) is 2. The Morgan fingerprint density at radius 1 is 1.11 bits per heavy atom. The molecule has 0 bridgehead atoms. The van der Waals surface area contributed by atoms with Gasteiger partial charge in [-0.25, -0.2) is 0 Å². The predicted octanol–water partition coefficient (Wildman–Crippen LogP) is 2.60. The van der Waals surface area contributed by atoms with E-state index < -0.39 is 0 Å². The summed E-state index contributed by atoms with van der Waals surface area (Å²) in [7, 11) is 2.10. The monoisotopic (exact) mass is 241 g/mol.